The Bertz CT molecular complexity index is 1060. The molecular weight excluding hydrogens is 409 g/mol. The molecule has 0 unspecified atom stereocenters. The van der Waals surface area contributed by atoms with E-state index in [0.717, 1.165) is 30.3 Å². The van der Waals surface area contributed by atoms with Crippen LogP contribution in [0.1, 0.15) is 15.9 Å². The second-order valence-corrected chi connectivity index (χ2v) is 6.01. The quantitative estimate of drug-likeness (QED) is 0.585. The Kier molecular flexibility index (Phi) is 5.77. The van der Waals surface area contributed by atoms with Gasteiger partial charge in [0.05, 0.1) is 5.56 Å². The van der Waals surface area contributed by atoms with E-state index >= 15 is 0 Å². The Balaban J connectivity index is 1.65. The minimum absolute atomic E-state index is 0.00460. The molecule has 3 rings (SSSR count). The summed E-state index contributed by atoms with van der Waals surface area (Å²) in [6, 6.07) is 9.01. The average Bonchev–Trinajstić information content (AvgIpc) is 2.68. The smallest absolute Gasteiger partial charge is 0.292 e. The van der Waals surface area contributed by atoms with Gasteiger partial charge in [-0.1, -0.05) is 18.2 Å². The number of nitrogens with zero attached hydrogens (tertiary/aromatic N) is 1. The first-order valence-electron chi connectivity index (χ1n) is 8.35. The summed E-state index contributed by atoms with van der Waals surface area (Å²) in [5.74, 6) is -3.52. The number of urea groups is 1. The van der Waals surface area contributed by atoms with Crippen molar-refractivity contribution in [3.05, 3.63) is 83.6 Å². The summed E-state index contributed by atoms with van der Waals surface area (Å²) < 4.78 is 65.0. The van der Waals surface area contributed by atoms with E-state index < -0.39 is 40.9 Å². The van der Waals surface area contributed by atoms with Gasteiger partial charge in [0.2, 0.25) is 0 Å². The number of imide groups is 1. The number of hydrogen-bond acceptors (Lipinski definition) is 3. The molecule has 0 radical (unpaired) electrons. The Morgan fingerprint density at radius 1 is 0.833 bits per heavy atom. The van der Waals surface area contributed by atoms with Gasteiger partial charge in [0.15, 0.2) is 0 Å². The Morgan fingerprint density at radius 2 is 1.43 bits per heavy atom. The molecule has 0 saturated carbocycles. The Morgan fingerprint density at radius 3 is 1.97 bits per heavy atom. The third-order valence-electron chi connectivity index (χ3n) is 3.97. The lowest BCUT2D eigenvalue weighted by atomic mass is 10.1. The van der Waals surface area contributed by atoms with Gasteiger partial charge in [0.25, 0.3) is 5.91 Å². The van der Waals surface area contributed by atoms with E-state index in [1.54, 1.807) is 5.32 Å². The molecule has 0 aliphatic rings. The molecule has 10 heteroatoms. The fourth-order valence-electron chi connectivity index (χ4n) is 2.52. The summed E-state index contributed by atoms with van der Waals surface area (Å²) in [6.45, 7) is 0. The minimum Gasteiger partial charge on any atom is -0.292 e. The van der Waals surface area contributed by atoms with Gasteiger partial charge in [0.1, 0.15) is 23.0 Å². The van der Waals surface area contributed by atoms with Gasteiger partial charge in [-0.2, -0.15) is 13.2 Å². The van der Waals surface area contributed by atoms with Crippen molar-refractivity contribution in [2.75, 3.05) is 5.32 Å². The molecule has 1 heterocycles. The molecule has 0 atom stereocenters. The lowest BCUT2D eigenvalue weighted by Gasteiger charge is -2.09. The summed E-state index contributed by atoms with van der Waals surface area (Å²) in [4.78, 5) is 27.7. The number of alkyl halides is 3. The van der Waals surface area contributed by atoms with E-state index in [4.69, 9.17) is 0 Å². The highest BCUT2D eigenvalue weighted by Gasteiger charge is 2.30. The molecule has 2 N–H and O–H groups in total. The first kappa shape index (κ1) is 20.9. The van der Waals surface area contributed by atoms with Crippen LogP contribution in [-0.4, -0.2) is 16.9 Å². The van der Waals surface area contributed by atoms with E-state index in [1.807, 2.05) is 0 Å². The topological polar surface area (TPSA) is 71.1 Å². The number of benzene rings is 2. The van der Waals surface area contributed by atoms with Crippen LogP contribution in [-0.2, 0) is 6.18 Å². The SMILES string of the molecule is O=C(NC(=O)c1c(F)cccc1F)Nc1ccc(-c2ccc(C(F)(F)F)cc2)cn1. The Hall–Kier alpha value is -3.82. The number of aromatic nitrogens is 1. The number of carbonyl (C=O) groups excluding carboxylic acids is 2. The highest BCUT2D eigenvalue weighted by molar-refractivity contribution is 6.08. The van der Waals surface area contributed by atoms with Crippen LogP contribution in [0.2, 0.25) is 0 Å². The summed E-state index contributed by atoms with van der Waals surface area (Å²) in [5.41, 5.74) is -0.737. The molecule has 30 heavy (non-hydrogen) atoms. The molecule has 3 amide bonds. The number of anilines is 1. The summed E-state index contributed by atoms with van der Waals surface area (Å²) in [7, 11) is 0. The maximum atomic E-state index is 13.6. The van der Waals surface area contributed by atoms with Crippen molar-refractivity contribution in [3.63, 3.8) is 0 Å². The summed E-state index contributed by atoms with van der Waals surface area (Å²) >= 11 is 0. The summed E-state index contributed by atoms with van der Waals surface area (Å²) in [6.07, 6.45) is -3.14. The van der Waals surface area contributed by atoms with Crippen molar-refractivity contribution >= 4 is 17.8 Å². The molecule has 2 aromatic carbocycles. The van der Waals surface area contributed by atoms with Crippen LogP contribution in [0.15, 0.2) is 60.8 Å². The van der Waals surface area contributed by atoms with E-state index in [-0.39, 0.29) is 5.82 Å². The predicted octanol–water partition coefficient (Wildman–Crippen LogP) is 5.01. The monoisotopic (exact) mass is 421 g/mol. The number of hydrogen-bond donors (Lipinski definition) is 2. The number of carbonyl (C=O) groups is 2. The molecule has 0 aliphatic heterocycles. The number of amides is 3. The van der Waals surface area contributed by atoms with Crippen molar-refractivity contribution in [2.24, 2.45) is 0 Å². The standard InChI is InChI=1S/C20H12F5N3O2/c21-14-2-1-3-15(22)17(14)18(29)28-19(30)27-16-9-6-12(10-26-16)11-4-7-13(8-5-11)20(23,24)25/h1-10H,(H2,26,27,28,29,30). The lowest BCUT2D eigenvalue weighted by Crippen LogP contribution is -2.35. The van der Waals surface area contributed by atoms with Gasteiger partial charge < -0.3 is 0 Å². The zero-order chi connectivity index (χ0) is 21.9. The fourth-order valence-corrected chi connectivity index (χ4v) is 2.52. The number of rotatable bonds is 3. The fraction of sp³-hybridized carbons (Fsp3) is 0.0500. The second-order valence-electron chi connectivity index (χ2n) is 6.01. The molecule has 0 bridgehead atoms. The van der Waals surface area contributed by atoms with Gasteiger partial charge in [-0.25, -0.2) is 18.6 Å². The molecule has 3 aromatic rings. The van der Waals surface area contributed by atoms with Gasteiger partial charge >= 0.3 is 12.2 Å². The third kappa shape index (κ3) is 4.77. The molecule has 5 nitrogen and oxygen atoms in total. The highest BCUT2D eigenvalue weighted by atomic mass is 19.4. The van der Waals surface area contributed by atoms with Gasteiger partial charge in [0, 0.05) is 11.8 Å². The first-order valence-corrected chi connectivity index (χ1v) is 8.35. The number of pyridine rings is 1. The van der Waals surface area contributed by atoms with Crippen molar-refractivity contribution in [2.45, 2.75) is 6.18 Å². The number of halogens is 5. The molecular formula is C20H12F5N3O2. The van der Waals surface area contributed by atoms with Crippen molar-refractivity contribution < 1.29 is 31.5 Å². The molecule has 0 fully saturated rings. The van der Waals surface area contributed by atoms with E-state index in [0.29, 0.717) is 11.1 Å². The van der Waals surface area contributed by atoms with E-state index in [1.165, 1.54) is 30.5 Å². The number of nitrogens with one attached hydrogen (secondary N) is 2. The predicted molar refractivity (Wildman–Crippen MR) is 97.5 cm³/mol. The second kappa shape index (κ2) is 8.27. The maximum absolute atomic E-state index is 13.6. The summed E-state index contributed by atoms with van der Waals surface area (Å²) in [5, 5.41) is 3.99. The zero-order valence-electron chi connectivity index (χ0n) is 14.9. The molecule has 0 saturated heterocycles. The normalized spacial score (nSPS) is 11.1. The van der Waals surface area contributed by atoms with Crippen LogP contribution in [0.3, 0.4) is 0 Å². The van der Waals surface area contributed by atoms with Crippen LogP contribution >= 0.6 is 0 Å². The van der Waals surface area contributed by atoms with Crippen molar-refractivity contribution in [3.8, 4) is 11.1 Å². The largest absolute Gasteiger partial charge is 0.416 e. The van der Waals surface area contributed by atoms with Crippen LogP contribution in [0.25, 0.3) is 11.1 Å². The Labute approximate surface area is 166 Å². The molecule has 154 valence electrons. The van der Waals surface area contributed by atoms with Gasteiger partial charge in [-0.3, -0.25) is 15.4 Å². The van der Waals surface area contributed by atoms with Crippen LogP contribution in [0.4, 0.5) is 32.6 Å². The van der Waals surface area contributed by atoms with E-state index in [2.05, 4.69) is 10.3 Å². The molecule has 0 aliphatic carbocycles. The highest BCUT2D eigenvalue weighted by Crippen LogP contribution is 2.31. The van der Waals surface area contributed by atoms with Crippen molar-refractivity contribution in [1.82, 2.24) is 10.3 Å². The molecule has 0 spiro atoms. The van der Waals surface area contributed by atoms with Crippen LogP contribution in [0.5, 0.6) is 0 Å². The molecule has 1 aromatic heterocycles. The van der Waals surface area contributed by atoms with Gasteiger partial charge in [-0.15, -0.1) is 0 Å². The van der Waals surface area contributed by atoms with Gasteiger partial charge in [-0.05, 0) is 42.0 Å². The van der Waals surface area contributed by atoms with Crippen molar-refractivity contribution in [1.29, 1.82) is 0 Å². The zero-order valence-corrected chi connectivity index (χ0v) is 14.9. The third-order valence-corrected chi connectivity index (χ3v) is 3.97. The first-order chi connectivity index (χ1) is 14.1. The average molecular weight is 421 g/mol. The van der Waals surface area contributed by atoms with Crippen LogP contribution < -0.4 is 10.6 Å². The van der Waals surface area contributed by atoms with E-state index in [9.17, 15) is 31.5 Å². The minimum atomic E-state index is -4.44. The lowest BCUT2D eigenvalue weighted by molar-refractivity contribution is -0.137. The maximum Gasteiger partial charge on any atom is 0.416 e. The van der Waals surface area contributed by atoms with Crippen LogP contribution in [0, 0.1) is 11.6 Å².